The number of halogens is 1. The van der Waals surface area contributed by atoms with Gasteiger partial charge in [0.25, 0.3) is 0 Å². The molecule has 1 atom stereocenters. The van der Waals surface area contributed by atoms with E-state index in [-0.39, 0.29) is 12.4 Å². The first-order valence-corrected chi connectivity index (χ1v) is 11.9. The molecular weight excluding hydrogens is 450 g/mol. The van der Waals surface area contributed by atoms with Crippen molar-refractivity contribution < 1.29 is 18.3 Å². The highest BCUT2D eigenvalue weighted by Crippen LogP contribution is 2.28. The summed E-state index contributed by atoms with van der Waals surface area (Å²) in [5, 5.41) is 15.9. The van der Waals surface area contributed by atoms with Gasteiger partial charge in [0.15, 0.2) is 0 Å². The predicted molar refractivity (Wildman–Crippen MR) is 131 cm³/mol. The van der Waals surface area contributed by atoms with Gasteiger partial charge < -0.3 is 20.1 Å². The number of aliphatic hydroxyl groups excluding tert-OH is 1. The molecule has 3 aromatic carbocycles. The van der Waals surface area contributed by atoms with Crippen LogP contribution in [0.15, 0.2) is 66.7 Å². The number of ether oxygens (including phenoxy) is 1. The molecule has 0 aliphatic carbocycles. The third-order valence-electron chi connectivity index (χ3n) is 4.94. The van der Waals surface area contributed by atoms with Gasteiger partial charge in [-0.25, -0.2) is 8.42 Å². The molecule has 0 saturated heterocycles. The highest BCUT2D eigenvalue weighted by Gasteiger charge is 2.10. The van der Waals surface area contributed by atoms with Crippen LogP contribution < -0.4 is 14.8 Å². The van der Waals surface area contributed by atoms with Crippen LogP contribution in [0.3, 0.4) is 0 Å². The van der Waals surface area contributed by atoms with E-state index in [1.54, 1.807) is 24.3 Å². The first-order valence-electron chi connectivity index (χ1n) is 9.99. The summed E-state index contributed by atoms with van der Waals surface area (Å²) in [6, 6.07) is 20.9. The van der Waals surface area contributed by atoms with E-state index in [2.05, 4.69) is 33.2 Å². The van der Waals surface area contributed by atoms with Crippen LogP contribution in [0.5, 0.6) is 5.75 Å². The number of fused-ring (bicyclic) bond motifs is 3. The third kappa shape index (κ3) is 5.92. The molecule has 0 aliphatic rings. The number of benzene rings is 3. The minimum atomic E-state index is -3.36. The Morgan fingerprint density at radius 2 is 1.78 bits per heavy atom. The average Bonchev–Trinajstić information content (AvgIpc) is 3.10. The van der Waals surface area contributed by atoms with Crippen LogP contribution in [0.1, 0.15) is 11.7 Å². The molecule has 0 amide bonds. The Labute approximate surface area is 193 Å². The number of rotatable bonds is 9. The van der Waals surface area contributed by atoms with Crippen LogP contribution in [-0.2, 0) is 10.0 Å². The molecule has 1 heterocycles. The lowest BCUT2D eigenvalue weighted by molar-refractivity contribution is 0.172. The summed E-state index contributed by atoms with van der Waals surface area (Å²) in [5.74, 6) is 0.779. The Balaban J connectivity index is 0.00000289. The average molecular weight is 476 g/mol. The topological polar surface area (TPSA) is 103 Å². The highest BCUT2D eigenvalue weighted by molar-refractivity contribution is 7.92. The van der Waals surface area contributed by atoms with Gasteiger partial charge in [0.2, 0.25) is 10.0 Å². The largest absolute Gasteiger partial charge is 0.492 e. The number of sulfonamides is 1. The molecule has 4 aromatic rings. The summed E-state index contributed by atoms with van der Waals surface area (Å²) >= 11 is 0. The number of aliphatic hydroxyl groups is 1. The molecule has 4 N–H and O–H groups in total. The molecule has 0 spiro atoms. The van der Waals surface area contributed by atoms with E-state index in [0.29, 0.717) is 30.9 Å². The third-order valence-corrected chi connectivity index (χ3v) is 5.54. The fourth-order valence-corrected chi connectivity index (χ4v) is 4.10. The molecule has 0 aliphatic heterocycles. The summed E-state index contributed by atoms with van der Waals surface area (Å²) in [4.78, 5) is 3.40. The monoisotopic (exact) mass is 475 g/mol. The van der Waals surface area contributed by atoms with Crippen LogP contribution in [-0.4, -0.2) is 44.5 Å². The van der Waals surface area contributed by atoms with Crippen molar-refractivity contribution in [3.05, 3.63) is 72.3 Å². The molecule has 0 unspecified atom stereocenters. The highest BCUT2D eigenvalue weighted by atomic mass is 35.5. The van der Waals surface area contributed by atoms with Gasteiger partial charge in [-0.2, -0.15) is 0 Å². The van der Waals surface area contributed by atoms with Gasteiger partial charge in [-0.15, -0.1) is 12.4 Å². The molecule has 1 aromatic heterocycles. The molecule has 0 fully saturated rings. The molecule has 170 valence electrons. The molecule has 0 radical (unpaired) electrons. The number of aromatic nitrogens is 1. The minimum Gasteiger partial charge on any atom is -0.492 e. The van der Waals surface area contributed by atoms with E-state index >= 15 is 0 Å². The summed E-state index contributed by atoms with van der Waals surface area (Å²) in [7, 11) is -3.36. The number of hydrogen-bond donors (Lipinski definition) is 4. The number of para-hydroxylation sites is 1. The van der Waals surface area contributed by atoms with E-state index < -0.39 is 16.1 Å². The number of anilines is 1. The number of hydrogen-bond acceptors (Lipinski definition) is 5. The van der Waals surface area contributed by atoms with Crippen LogP contribution in [0.25, 0.3) is 21.8 Å². The zero-order valence-corrected chi connectivity index (χ0v) is 19.2. The Morgan fingerprint density at radius 3 is 2.59 bits per heavy atom. The fraction of sp³-hybridized carbons (Fsp3) is 0.217. The van der Waals surface area contributed by atoms with Crippen molar-refractivity contribution in [1.82, 2.24) is 10.3 Å². The summed E-state index contributed by atoms with van der Waals surface area (Å²) < 4.78 is 31.0. The van der Waals surface area contributed by atoms with Gasteiger partial charge in [0.1, 0.15) is 12.4 Å². The zero-order chi connectivity index (χ0) is 21.8. The number of nitrogens with one attached hydrogen (secondary N) is 3. The fourth-order valence-electron chi connectivity index (χ4n) is 3.54. The van der Waals surface area contributed by atoms with Crippen LogP contribution in [0, 0.1) is 0 Å². The second-order valence-corrected chi connectivity index (χ2v) is 9.19. The van der Waals surface area contributed by atoms with Crippen molar-refractivity contribution in [3.63, 3.8) is 0 Å². The van der Waals surface area contributed by atoms with Crippen molar-refractivity contribution in [2.75, 3.05) is 30.7 Å². The lowest BCUT2D eigenvalue weighted by Gasteiger charge is -2.14. The van der Waals surface area contributed by atoms with Crippen molar-refractivity contribution in [2.24, 2.45) is 0 Å². The predicted octanol–water partition coefficient (Wildman–Crippen LogP) is 3.82. The van der Waals surface area contributed by atoms with Crippen molar-refractivity contribution in [1.29, 1.82) is 0 Å². The smallest absolute Gasteiger partial charge is 0.229 e. The quantitative estimate of drug-likeness (QED) is 0.275. The van der Waals surface area contributed by atoms with E-state index in [1.807, 2.05) is 24.3 Å². The zero-order valence-electron chi connectivity index (χ0n) is 17.5. The van der Waals surface area contributed by atoms with Crippen molar-refractivity contribution in [3.8, 4) is 5.75 Å². The van der Waals surface area contributed by atoms with Crippen molar-refractivity contribution in [2.45, 2.75) is 6.10 Å². The second kappa shape index (κ2) is 10.2. The maximum atomic E-state index is 11.4. The van der Waals surface area contributed by atoms with Crippen LogP contribution >= 0.6 is 12.4 Å². The molecule has 0 saturated carbocycles. The number of aromatic amines is 1. The van der Waals surface area contributed by atoms with Gasteiger partial charge in [-0.1, -0.05) is 30.3 Å². The first-order chi connectivity index (χ1) is 14.9. The summed E-state index contributed by atoms with van der Waals surface area (Å²) in [5.41, 5.74) is 3.19. The molecule has 9 heteroatoms. The maximum absolute atomic E-state index is 11.4. The second-order valence-electron chi connectivity index (χ2n) is 7.45. The molecular formula is C23H26ClN3O4S. The summed E-state index contributed by atoms with van der Waals surface area (Å²) in [6.45, 7) is 1.34. The number of H-pyrrole nitrogens is 1. The van der Waals surface area contributed by atoms with E-state index in [4.69, 9.17) is 4.74 Å². The van der Waals surface area contributed by atoms with Gasteiger partial charge in [-0.05, 0) is 35.9 Å². The lowest BCUT2D eigenvalue weighted by atomic mass is 10.1. The lowest BCUT2D eigenvalue weighted by Crippen LogP contribution is -2.26. The Kier molecular flexibility index (Phi) is 7.63. The molecule has 7 nitrogen and oxygen atoms in total. The molecule has 0 bridgehead atoms. The van der Waals surface area contributed by atoms with Crippen LogP contribution in [0.2, 0.25) is 0 Å². The van der Waals surface area contributed by atoms with Gasteiger partial charge in [0.05, 0.1) is 17.9 Å². The Morgan fingerprint density at radius 1 is 1.00 bits per heavy atom. The SMILES string of the molecule is CS(=O)(=O)Nc1cccc([C@@H](O)CNCCOc2ccc3c(c2)[nH]c2ccccc23)c1.Cl. The summed E-state index contributed by atoms with van der Waals surface area (Å²) in [6.07, 6.45) is 0.331. The Hall–Kier alpha value is -2.78. The molecule has 4 rings (SSSR count). The molecule has 32 heavy (non-hydrogen) atoms. The maximum Gasteiger partial charge on any atom is 0.229 e. The van der Waals surface area contributed by atoms with Gasteiger partial charge >= 0.3 is 0 Å². The Bertz CT molecular complexity index is 1310. The van der Waals surface area contributed by atoms with Gasteiger partial charge in [0, 0.05) is 41.1 Å². The van der Waals surface area contributed by atoms with E-state index in [0.717, 1.165) is 28.4 Å². The van der Waals surface area contributed by atoms with E-state index in [1.165, 1.54) is 5.39 Å². The van der Waals surface area contributed by atoms with E-state index in [9.17, 15) is 13.5 Å². The first kappa shape index (κ1) is 23.9. The normalized spacial score (nSPS) is 12.4. The van der Waals surface area contributed by atoms with Crippen LogP contribution in [0.4, 0.5) is 5.69 Å². The standard InChI is InChI=1S/C23H25N3O4S.ClH/c1-31(28,29)26-17-6-4-5-16(13-17)23(27)15-24-11-12-30-18-9-10-20-19-7-2-3-8-21(19)25-22(20)14-18;/h2-10,13-14,23-27H,11-12,15H2,1H3;1H/t23-;/m0./s1. The van der Waals surface area contributed by atoms with Gasteiger partial charge in [-0.3, -0.25) is 4.72 Å². The van der Waals surface area contributed by atoms with Crippen molar-refractivity contribution >= 4 is 49.9 Å². The minimum absolute atomic E-state index is 0.